The molecule has 0 radical (unpaired) electrons. The highest BCUT2D eigenvalue weighted by molar-refractivity contribution is 6.03. The van der Waals surface area contributed by atoms with Crippen molar-refractivity contribution < 1.29 is 53.1 Å². The van der Waals surface area contributed by atoms with E-state index in [-0.39, 0.29) is 55.8 Å². The molecule has 2 heterocycles. The van der Waals surface area contributed by atoms with Gasteiger partial charge >= 0.3 is 6.09 Å². The molecule has 9 rings (SSSR count). The fourth-order valence-corrected chi connectivity index (χ4v) is 11.3. The molecule has 3 N–H and O–H groups in total. The van der Waals surface area contributed by atoms with Gasteiger partial charge in [0.15, 0.2) is 0 Å². The van der Waals surface area contributed by atoms with Crippen molar-refractivity contribution in [2.24, 2.45) is 28.8 Å². The summed E-state index contributed by atoms with van der Waals surface area (Å²) in [5.74, 6) is -0.621. The monoisotopic (exact) mass is 957 g/mol. The summed E-state index contributed by atoms with van der Waals surface area (Å²) in [6.45, 7) is 5.25. The van der Waals surface area contributed by atoms with Gasteiger partial charge in [0.05, 0.1) is 44.8 Å². The van der Waals surface area contributed by atoms with Crippen LogP contribution in [0.1, 0.15) is 94.1 Å². The summed E-state index contributed by atoms with van der Waals surface area (Å²) in [4.78, 5) is 37.3. The number of amides is 2. The number of carbonyl (C=O) groups is 2. The molecule has 0 bridgehead atoms. The van der Waals surface area contributed by atoms with E-state index in [1.54, 1.807) is 37.5 Å². The molecule has 7 atom stereocenters. The minimum atomic E-state index is -1.46. The van der Waals surface area contributed by atoms with Gasteiger partial charge in [0.2, 0.25) is 18.0 Å². The van der Waals surface area contributed by atoms with Gasteiger partial charge in [-0.3, -0.25) is 10.1 Å². The Morgan fingerprint density at radius 3 is 2.47 bits per heavy atom. The molecule has 3 aliphatic carbocycles. The highest BCUT2D eigenvalue weighted by Crippen LogP contribution is 2.62. The largest absolute Gasteiger partial charge is 0.497 e. The summed E-state index contributed by atoms with van der Waals surface area (Å²) >= 11 is 0. The number of aliphatic hydroxyl groups excluding tert-OH is 2. The third-order valence-corrected chi connectivity index (χ3v) is 14.7. The predicted octanol–water partition coefficient (Wildman–Crippen LogP) is 10.1. The highest BCUT2D eigenvalue weighted by Gasteiger charge is 2.66. The van der Waals surface area contributed by atoms with Crippen LogP contribution in [-0.4, -0.2) is 91.6 Å². The number of carbonyl (C=O) groups excluding carboxylic acids is 2. The average molecular weight is 958 g/mol. The van der Waals surface area contributed by atoms with Crippen LogP contribution in [0.3, 0.4) is 0 Å². The van der Waals surface area contributed by atoms with E-state index in [2.05, 4.69) is 42.2 Å². The van der Waals surface area contributed by atoms with Gasteiger partial charge in [0, 0.05) is 56.1 Å². The Morgan fingerprint density at radius 1 is 0.914 bits per heavy atom. The van der Waals surface area contributed by atoms with Crippen molar-refractivity contribution in [3.8, 4) is 23.0 Å². The number of unbranched alkanes of at least 4 members (excludes halogenated alkanes) is 2. The Labute approximate surface area is 410 Å². The number of rotatable bonds is 21. The third kappa shape index (κ3) is 10.4. The molecular formula is C56H67N3O11. The second kappa shape index (κ2) is 22.4. The molecule has 2 amide bonds. The number of fused-ring (bicyclic) bond motifs is 3. The Kier molecular flexibility index (Phi) is 15.7. The molecule has 0 aromatic heterocycles. The van der Waals surface area contributed by atoms with E-state index in [4.69, 9.17) is 38.4 Å². The van der Waals surface area contributed by atoms with Gasteiger partial charge < -0.3 is 48.4 Å². The third-order valence-electron chi connectivity index (χ3n) is 14.7. The smallest absolute Gasteiger partial charge is 0.417 e. The molecule has 2 saturated carbocycles. The summed E-state index contributed by atoms with van der Waals surface area (Å²) in [7, 11) is 3.07. The van der Waals surface area contributed by atoms with E-state index < -0.39 is 30.1 Å². The van der Waals surface area contributed by atoms with Gasteiger partial charge in [-0.15, -0.1) is 6.58 Å². The summed E-state index contributed by atoms with van der Waals surface area (Å²) in [6, 6.07) is 24.3. The summed E-state index contributed by atoms with van der Waals surface area (Å²) in [6.07, 6.45) is 11.6. The van der Waals surface area contributed by atoms with E-state index in [1.807, 2.05) is 35.2 Å². The molecule has 1 saturated heterocycles. The maximum atomic E-state index is 15.2. The number of allylic oxidation sites excluding steroid dienone is 1. The molecule has 7 unspecified atom stereocenters. The maximum absolute atomic E-state index is 15.2. The second-order valence-electron chi connectivity index (χ2n) is 19.1. The van der Waals surface area contributed by atoms with Gasteiger partial charge in [-0.2, -0.15) is 0 Å². The quantitative estimate of drug-likeness (QED) is 0.0413. The normalized spacial score (nSPS) is 25.1. The fourth-order valence-electron chi connectivity index (χ4n) is 11.3. The van der Waals surface area contributed by atoms with Crippen molar-refractivity contribution in [2.45, 2.75) is 108 Å². The Hall–Kier alpha value is -5.93. The molecule has 4 aromatic rings. The zero-order chi connectivity index (χ0) is 48.6. The average Bonchev–Trinajstić information content (AvgIpc) is 4.24. The van der Waals surface area contributed by atoms with Crippen LogP contribution in [0.15, 0.2) is 108 Å². The van der Waals surface area contributed by atoms with Crippen molar-refractivity contribution >= 4 is 34.2 Å². The highest BCUT2D eigenvalue weighted by atomic mass is 16.8. The number of aliphatic hydroxyl groups is 2. The lowest BCUT2D eigenvalue weighted by atomic mass is 9.55. The number of hydrogen-bond donors (Lipinski definition) is 3. The molecule has 4 aromatic carbocycles. The summed E-state index contributed by atoms with van der Waals surface area (Å²) in [5, 5.41) is 30.1. The molecule has 5 aliphatic rings. The Morgan fingerprint density at radius 2 is 1.71 bits per heavy atom. The van der Waals surface area contributed by atoms with Gasteiger partial charge in [0.25, 0.3) is 0 Å². The topological polar surface area (TPSA) is 167 Å². The van der Waals surface area contributed by atoms with Gasteiger partial charge in [-0.25, -0.2) is 4.79 Å². The van der Waals surface area contributed by atoms with Gasteiger partial charge in [0.1, 0.15) is 29.0 Å². The minimum Gasteiger partial charge on any atom is -0.497 e. The van der Waals surface area contributed by atoms with Crippen LogP contribution < -0.4 is 24.3 Å². The van der Waals surface area contributed by atoms with E-state index in [9.17, 15) is 15.0 Å². The number of oxime groups is 1. The number of nitrogens with one attached hydrogen (secondary N) is 1. The Balaban J connectivity index is 1.21. The zero-order valence-corrected chi connectivity index (χ0v) is 40.4. The Bertz CT molecular complexity index is 2550. The van der Waals surface area contributed by atoms with Crippen LogP contribution in [0.5, 0.6) is 23.0 Å². The summed E-state index contributed by atoms with van der Waals surface area (Å²) < 4.78 is 37.8. The van der Waals surface area contributed by atoms with Crippen LogP contribution in [-0.2, 0) is 25.7 Å². The number of ether oxygens (including phenoxy) is 6. The minimum absolute atomic E-state index is 0.00696. The first-order valence-electron chi connectivity index (χ1n) is 25.1. The lowest BCUT2D eigenvalue weighted by Gasteiger charge is -2.60. The van der Waals surface area contributed by atoms with Crippen molar-refractivity contribution in [3.05, 3.63) is 114 Å². The number of hydrogen-bond acceptors (Lipinski definition) is 12. The first-order chi connectivity index (χ1) is 34.3. The number of anilines is 1. The SMILES string of the molecule is C=CCOC12Oc3ccc(OC(=O)Nc4ccc(OC)cc4OC)cc3C3C(CCCCO)C(CCCCO)C=C(C(=NOC4CCCCO4)CC1N(Cc1cccc4ccccc14)C(=O)C1CC1)C32. The van der Waals surface area contributed by atoms with Crippen LogP contribution in [0, 0.1) is 23.7 Å². The van der Waals surface area contributed by atoms with E-state index in [0.717, 1.165) is 78.8 Å². The first-order valence-corrected chi connectivity index (χ1v) is 25.1. The van der Waals surface area contributed by atoms with Crippen LogP contribution in [0.4, 0.5) is 10.5 Å². The molecular weight excluding hydrogens is 891 g/mol. The molecule has 14 heteroatoms. The van der Waals surface area contributed by atoms with E-state index in [0.29, 0.717) is 66.8 Å². The lowest BCUT2D eigenvalue weighted by Crippen LogP contribution is -2.70. The van der Waals surface area contributed by atoms with Crippen LogP contribution >= 0.6 is 0 Å². The number of methoxy groups -OCH3 is 2. The molecule has 2 aliphatic heterocycles. The van der Waals surface area contributed by atoms with Crippen LogP contribution in [0.2, 0.25) is 0 Å². The van der Waals surface area contributed by atoms with Crippen LogP contribution in [0.25, 0.3) is 10.8 Å². The van der Waals surface area contributed by atoms with Crippen molar-refractivity contribution in [2.75, 3.05) is 46.0 Å². The molecule has 70 heavy (non-hydrogen) atoms. The number of nitrogens with zero attached hydrogens (tertiary/aromatic N) is 2. The molecule has 372 valence electrons. The summed E-state index contributed by atoms with van der Waals surface area (Å²) in [5.41, 5.74) is 3.86. The van der Waals surface area contributed by atoms with Crippen molar-refractivity contribution in [3.63, 3.8) is 0 Å². The maximum Gasteiger partial charge on any atom is 0.417 e. The standard InChI is InChI=1S/C56H67N3O11/c1-4-29-67-56-50(59(54(62)37-21-22-37)35-39-17-13-16-36-14-5-6-18-42(36)39)34-47(58-70-51-20-9-12-30-66-51)44-31-38(15-7-10-27-60)43(19-8-11-28-61)52(53(44)56)45-32-41(24-26-48(45)69-56)68-55(63)57-46-25-23-40(64-2)33-49(46)65-3/h4-6,13-14,16-18,23-26,31-33,37-38,43,50-53,60-61H,1,7-12,15,19-22,27-30,34-35H2,2-3H3,(H,57,63). The molecule has 0 spiro atoms. The first kappa shape index (κ1) is 49.1. The predicted molar refractivity (Wildman–Crippen MR) is 266 cm³/mol. The van der Waals surface area contributed by atoms with Crippen molar-refractivity contribution in [1.29, 1.82) is 0 Å². The second-order valence-corrected chi connectivity index (χ2v) is 19.1. The van der Waals surface area contributed by atoms with Gasteiger partial charge in [-0.1, -0.05) is 72.6 Å². The fraction of sp³-hybridized carbons (Fsp3) is 0.482. The molecule has 14 nitrogen and oxygen atoms in total. The zero-order valence-electron chi connectivity index (χ0n) is 40.4. The van der Waals surface area contributed by atoms with E-state index >= 15 is 4.79 Å². The lowest BCUT2D eigenvalue weighted by molar-refractivity contribution is -0.258. The number of benzene rings is 4. The van der Waals surface area contributed by atoms with E-state index in [1.165, 1.54) is 7.11 Å². The molecule has 3 fully saturated rings. The van der Waals surface area contributed by atoms with Crippen molar-refractivity contribution in [1.82, 2.24) is 4.90 Å². The van der Waals surface area contributed by atoms with Gasteiger partial charge in [-0.05, 0) is 115 Å².